The lowest BCUT2D eigenvalue weighted by Gasteiger charge is -2.34. The number of carbonyl (C=O) groups is 1. The third kappa shape index (κ3) is 3.81. The first-order chi connectivity index (χ1) is 10.1. The van der Waals surface area contributed by atoms with Gasteiger partial charge in [-0.05, 0) is 39.5 Å². The Bertz CT molecular complexity index is 486. The second-order valence-corrected chi connectivity index (χ2v) is 6.59. The number of nitrogens with one attached hydrogen (secondary N) is 1. The Morgan fingerprint density at radius 2 is 2.05 bits per heavy atom. The Labute approximate surface area is 125 Å². The van der Waals surface area contributed by atoms with Crippen LogP contribution in [0.4, 0.5) is 0 Å². The first-order valence-corrected chi connectivity index (χ1v) is 8.05. The Balaban J connectivity index is 1.43. The molecule has 0 aromatic carbocycles. The molecule has 0 unspecified atom stereocenters. The van der Waals surface area contributed by atoms with E-state index in [2.05, 4.69) is 34.4 Å². The molecule has 1 aromatic heterocycles. The van der Waals surface area contributed by atoms with Crippen molar-refractivity contribution in [1.29, 1.82) is 0 Å². The van der Waals surface area contributed by atoms with E-state index in [1.165, 1.54) is 12.8 Å². The van der Waals surface area contributed by atoms with Gasteiger partial charge >= 0.3 is 0 Å². The van der Waals surface area contributed by atoms with E-state index in [0.29, 0.717) is 18.0 Å². The van der Waals surface area contributed by atoms with Crippen molar-refractivity contribution in [2.75, 3.05) is 13.1 Å². The first kappa shape index (κ1) is 14.5. The molecular weight excluding hydrogens is 266 g/mol. The van der Waals surface area contributed by atoms with Crippen LogP contribution >= 0.6 is 0 Å². The number of nitrogens with zero attached hydrogens (tertiary/aromatic N) is 4. The van der Waals surface area contributed by atoms with Crippen molar-refractivity contribution in [2.45, 2.75) is 64.1 Å². The van der Waals surface area contributed by atoms with Crippen molar-refractivity contribution in [3.8, 4) is 0 Å². The summed E-state index contributed by atoms with van der Waals surface area (Å²) >= 11 is 0. The third-order valence-corrected chi connectivity index (χ3v) is 4.48. The van der Waals surface area contributed by atoms with Gasteiger partial charge in [-0.1, -0.05) is 5.21 Å². The van der Waals surface area contributed by atoms with Gasteiger partial charge in [0.2, 0.25) is 5.91 Å². The maximum atomic E-state index is 12.1. The highest BCUT2D eigenvalue weighted by atomic mass is 16.2. The predicted octanol–water partition coefficient (Wildman–Crippen LogP) is 1.14. The molecule has 0 bridgehead atoms. The fourth-order valence-electron chi connectivity index (χ4n) is 2.94. The lowest BCUT2D eigenvalue weighted by molar-refractivity contribution is -0.122. The zero-order valence-electron chi connectivity index (χ0n) is 13.0. The molecule has 6 heteroatoms. The quantitative estimate of drug-likeness (QED) is 0.884. The van der Waals surface area contributed by atoms with E-state index in [1.54, 1.807) is 4.68 Å². The minimum atomic E-state index is 0.0465. The highest BCUT2D eigenvalue weighted by Gasteiger charge is 2.27. The molecule has 2 heterocycles. The van der Waals surface area contributed by atoms with Crippen LogP contribution in [-0.2, 0) is 11.3 Å². The Kier molecular flexibility index (Phi) is 4.24. The molecule has 2 aliphatic rings. The van der Waals surface area contributed by atoms with Crippen LogP contribution in [0, 0.1) is 0 Å². The van der Waals surface area contributed by atoms with Gasteiger partial charge in [0.1, 0.15) is 6.54 Å². The standard InChI is InChI=1S/C15H25N5O/c1-11(2)19-7-5-13(6-8-19)16-15(21)10-20-9-14(17-18-20)12-3-4-12/h9,11-13H,3-8,10H2,1-2H3,(H,16,21). The molecule has 1 N–H and O–H groups in total. The molecule has 1 saturated carbocycles. The van der Waals surface area contributed by atoms with Crippen LogP contribution < -0.4 is 5.32 Å². The van der Waals surface area contributed by atoms with Gasteiger partial charge in [-0.15, -0.1) is 5.10 Å². The maximum Gasteiger partial charge on any atom is 0.242 e. The van der Waals surface area contributed by atoms with Gasteiger partial charge in [-0.25, -0.2) is 4.68 Å². The van der Waals surface area contributed by atoms with Crippen molar-refractivity contribution < 1.29 is 4.79 Å². The molecule has 3 rings (SSSR count). The Morgan fingerprint density at radius 1 is 1.33 bits per heavy atom. The lowest BCUT2D eigenvalue weighted by Crippen LogP contribution is -2.47. The average molecular weight is 291 g/mol. The SMILES string of the molecule is CC(C)N1CCC(NC(=O)Cn2cc(C3CC3)nn2)CC1. The van der Waals surface area contributed by atoms with Crippen molar-refractivity contribution in [1.82, 2.24) is 25.2 Å². The summed E-state index contributed by atoms with van der Waals surface area (Å²) in [7, 11) is 0. The van der Waals surface area contributed by atoms with E-state index < -0.39 is 0 Å². The summed E-state index contributed by atoms with van der Waals surface area (Å²) in [6.45, 7) is 6.86. The van der Waals surface area contributed by atoms with Gasteiger partial charge in [0.05, 0.1) is 5.69 Å². The third-order valence-electron chi connectivity index (χ3n) is 4.48. The zero-order chi connectivity index (χ0) is 14.8. The summed E-state index contributed by atoms with van der Waals surface area (Å²) in [6, 6.07) is 0.900. The topological polar surface area (TPSA) is 63.1 Å². The molecular formula is C15H25N5O. The average Bonchev–Trinajstić information content (AvgIpc) is 3.20. The number of carbonyl (C=O) groups excluding carboxylic acids is 1. The number of aromatic nitrogens is 3. The summed E-state index contributed by atoms with van der Waals surface area (Å²) in [4.78, 5) is 14.5. The van der Waals surface area contributed by atoms with Gasteiger partial charge < -0.3 is 10.2 Å². The lowest BCUT2D eigenvalue weighted by atomic mass is 10.0. The molecule has 21 heavy (non-hydrogen) atoms. The molecule has 1 amide bonds. The van der Waals surface area contributed by atoms with Crippen molar-refractivity contribution in [3.05, 3.63) is 11.9 Å². The summed E-state index contributed by atoms with van der Waals surface area (Å²) < 4.78 is 1.66. The monoisotopic (exact) mass is 291 g/mol. The van der Waals surface area contributed by atoms with Crippen LogP contribution in [0.3, 0.4) is 0 Å². The van der Waals surface area contributed by atoms with Crippen LogP contribution in [0.5, 0.6) is 0 Å². The molecule has 6 nitrogen and oxygen atoms in total. The molecule has 1 saturated heterocycles. The molecule has 1 aliphatic carbocycles. The molecule has 116 valence electrons. The fourth-order valence-corrected chi connectivity index (χ4v) is 2.94. The zero-order valence-corrected chi connectivity index (χ0v) is 13.0. The Morgan fingerprint density at radius 3 is 2.67 bits per heavy atom. The van der Waals surface area contributed by atoms with E-state index in [0.717, 1.165) is 31.6 Å². The normalized spacial score (nSPS) is 20.9. The Hall–Kier alpha value is -1.43. The molecule has 0 atom stereocenters. The minimum Gasteiger partial charge on any atom is -0.352 e. The maximum absolute atomic E-state index is 12.1. The molecule has 1 aromatic rings. The van der Waals surface area contributed by atoms with E-state index in [-0.39, 0.29) is 12.5 Å². The number of hydrogen-bond acceptors (Lipinski definition) is 4. The van der Waals surface area contributed by atoms with E-state index in [9.17, 15) is 4.79 Å². The van der Waals surface area contributed by atoms with E-state index >= 15 is 0 Å². The smallest absolute Gasteiger partial charge is 0.242 e. The second kappa shape index (κ2) is 6.13. The van der Waals surface area contributed by atoms with Gasteiger partial charge in [0.25, 0.3) is 0 Å². The number of amides is 1. The van der Waals surface area contributed by atoms with Crippen LogP contribution in [-0.4, -0.2) is 51.0 Å². The molecule has 2 fully saturated rings. The van der Waals surface area contributed by atoms with E-state index in [4.69, 9.17) is 0 Å². The highest BCUT2D eigenvalue weighted by Crippen LogP contribution is 2.38. The summed E-state index contributed by atoms with van der Waals surface area (Å²) in [5.41, 5.74) is 1.04. The van der Waals surface area contributed by atoms with Crippen molar-refractivity contribution in [3.63, 3.8) is 0 Å². The van der Waals surface area contributed by atoms with Gasteiger partial charge in [-0.3, -0.25) is 4.79 Å². The fraction of sp³-hybridized carbons (Fsp3) is 0.800. The molecule has 0 radical (unpaired) electrons. The number of rotatable bonds is 5. The van der Waals surface area contributed by atoms with Crippen LogP contribution in [0.15, 0.2) is 6.20 Å². The number of piperidine rings is 1. The van der Waals surface area contributed by atoms with Crippen LogP contribution in [0.25, 0.3) is 0 Å². The molecule has 0 spiro atoms. The van der Waals surface area contributed by atoms with Gasteiger partial charge in [0, 0.05) is 37.3 Å². The molecule has 1 aliphatic heterocycles. The van der Waals surface area contributed by atoms with Crippen LogP contribution in [0.2, 0.25) is 0 Å². The summed E-state index contributed by atoms with van der Waals surface area (Å²) in [5, 5.41) is 11.3. The summed E-state index contributed by atoms with van der Waals surface area (Å²) in [5.74, 6) is 0.632. The number of likely N-dealkylation sites (tertiary alicyclic amines) is 1. The minimum absolute atomic E-state index is 0.0465. The second-order valence-electron chi connectivity index (χ2n) is 6.59. The number of hydrogen-bond donors (Lipinski definition) is 1. The first-order valence-electron chi connectivity index (χ1n) is 8.05. The predicted molar refractivity (Wildman–Crippen MR) is 79.9 cm³/mol. The highest BCUT2D eigenvalue weighted by molar-refractivity contribution is 5.75. The van der Waals surface area contributed by atoms with Gasteiger partial charge in [-0.2, -0.15) is 0 Å². The van der Waals surface area contributed by atoms with Crippen molar-refractivity contribution in [2.24, 2.45) is 0 Å². The van der Waals surface area contributed by atoms with Gasteiger partial charge in [0.15, 0.2) is 0 Å². The van der Waals surface area contributed by atoms with Crippen molar-refractivity contribution >= 4 is 5.91 Å². The summed E-state index contributed by atoms with van der Waals surface area (Å²) in [6.07, 6.45) is 6.40. The largest absolute Gasteiger partial charge is 0.352 e. The van der Waals surface area contributed by atoms with Crippen LogP contribution in [0.1, 0.15) is 51.1 Å². The van der Waals surface area contributed by atoms with E-state index in [1.807, 2.05) is 6.20 Å².